The average Bonchev–Trinajstić information content (AvgIpc) is 3.67. The van der Waals surface area contributed by atoms with Crippen molar-refractivity contribution in [1.29, 1.82) is 0 Å². The fraction of sp³-hybridized carbons (Fsp3) is 0.235. The summed E-state index contributed by atoms with van der Waals surface area (Å²) in [6.07, 6.45) is 11.6. The van der Waals surface area contributed by atoms with E-state index < -0.39 is 11.9 Å². The van der Waals surface area contributed by atoms with Gasteiger partial charge in [-0.2, -0.15) is 0 Å². The largest absolute Gasteiger partial charge is 4.00 e. The van der Waals surface area contributed by atoms with Crippen molar-refractivity contribution in [2.24, 2.45) is 0 Å². The van der Waals surface area contributed by atoms with Crippen LogP contribution in [0.3, 0.4) is 0 Å². The summed E-state index contributed by atoms with van der Waals surface area (Å²) in [6.45, 7) is 9.22. The zero-order chi connectivity index (χ0) is 31.7. The second-order valence-corrected chi connectivity index (χ2v) is 10.6. The van der Waals surface area contributed by atoms with Crippen molar-refractivity contribution in [1.82, 2.24) is 19.9 Å². The van der Waals surface area contributed by atoms with Crippen molar-refractivity contribution in [2.45, 2.75) is 53.1 Å². The van der Waals surface area contributed by atoms with Crippen molar-refractivity contribution in [3.8, 4) is 0 Å². The minimum absolute atomic E-state index is 0. The Balaban J connectivity index is 0.00000461. The maximum atomic E-state index is 11.5. The molecule has 0 aromatic carbocycles. The number of hydrogen-bond donors (Lipinski definition) is 4. The minimum Gasteiger partial charge on any atom is -0.657 e. The number of carbonyl (C=O) groups is 2. The van der Waals surface area contributed by atoms with E-state index in [1.54, 1.807) is 24.3 Å². The van der Waals surface area contributed by atoms with Gasteiger partial charge in [-0.3, -0.25) is 9.59 Å². The number of rotatable bonds is 8. The minimum atomic E-state index is -0.990. The maximum Gasteiger partial charge on any atom is 4.00 e. The molecule has 5 heterocycles. The quantitative estimate of drug-likeness (QED) is 0.154. The molecule has 4 N–H and O–H groups in total. The first kappa shape index (κ1) is 33.2. The molecule has 10 nitrogen and oxygen atoms in total. The Morgan fingerprint density at radius 1 is 0.733 bits per heavy atom. The van der Waals surface area contributed by atoms with E-state index in [0.717, 1.165) is 23.0 Å². The molecule has 1 aliphatic heterocycles. The molecular formula is C34H32FeN4O6. The first-order chi connectivity index (χ1) is 21.1. The maximum absolute atomic E-state index is 11.5. The van der Waals surface area contributed by atoms with Crippen LogP contribution in [-0.2, 0) is 46.1 Å². The van der Waals surface area contributed by atoms with Crippen LogP contribution in [0.5, 0.6) is 0 Å². The molecule has 0 saturated heterocycles. The monoisotopic (exact) mass is 648 g/mol. The first-order valence-corrected chi connectivity index (χ1v) is 14.1. The number of aromatic nitrogens is 4. The zero-order valence-corrected chi connectivity index (χ0v) is 26.1. The van der Waals surface area contributed by atoms with Crippen LogP contribution in [0.2, 0.25) is 0 Å². The number of hydrogen-bond acceptors (Lipinski definition) is 4. The van der Waals surface area contributed by atoms with E-state index in [4.69, 9.17) is 19.9 Å². The summed E-state index contributed by atoms with van der Waals surface area (Å²) in [7, 11) is 0. The van der Waals surface area contributed by atoms with Gasteiger partial charge in [-0.25, -0.2) is 0 Å². The molecule has 232 valence electrons. The summed E-state index contributed by atoms with van der Waals surface area (Å²) in [4.78, 5) is 42.4. The van der Waals surface area contributed by atoms with E-state index in [-0.39, 0.29) is 49.4 Å². The van der Waals surface area contributed by atoms with Crippen LogP contribution < -0.4 is 51.8 Å². The molecule has 4 aromatic heterocycles. The Kier molecular flexibility index (Phi) is 9.97. The van der Waals surface area contributed by atoms with Crippen LogP contribution in [0.25, 0.3) is 42.7 Å². The van der Waals surface area contributed by atoms with Crippen LogP contribution in [0.1, 0.15) is 75.9 Å². The molecule has 0 aliphatic carbocycles. The van der Waals surface area contributed by atoms with E-state index in [2.05, 4.69) is 6.58 Å². The van der Waals surface area contributed by atoms with Gasteiger partial charge in [0.1, 0.15) is 0 Å². The van der Waals surface area contributed by atoms with Gasteiger partial charge in [-0.05, 0) is 55.2 Å². The number of carboxylic acid groups (broad SMARTS) is 2. The second-order valence-electron chi connectivity index (χ2n) is 10.6. The second kappa shape index (κ2) is 13.5. The smallest absolute Gasteiger partial charge is 0.657 e. The molecular weight excluding hydrogens is 616 g/mol. The number of aliphatic carboxylic acids is 2. The van der Waals surface area contributed by atoms with Gasteiger partial charge in [0.25, 0.3) is 0 Å². The van der Waals surface area contributed by atoms with E-state index in [1.807, 2.05) is 32.9 Å². The van der Waals surface area contributed by atoms with Crippen molar-refractivity contribution in [2.75, 3.05) is 0 Å². The van der Waals surface area contributed by atoms with Gasteiger partial charge in [0.05, 0.1) is 12.9 Å². The van der Waals surface area contributed by atoms with Gasteiger partial charge in [0.2, 0.25) is 0 Å². The number of carboxylic acids is 2. The fourth-order valence-electron chi connectivity index (χ4n) is 5.75. The third-order valence-electron chi connectivity index (χ3n) is 8.05. The summed E-state index contributed by atoms with van der Waals surface area (Å²) in [5.41, 5.74) is 6.38. The van der Waals surface area contributed by atoms with Crippen LogP contribution in [0, 0.1) is 13.8 Å². The predicted octanol–water partition coefficient (Wildman–Crippen LogP) is -0.976. The van der Waals surface area contributed by atoms with Crippen LogP contribution in [-0.4, -0.2) is 32.4 Å². The van der Waals surface area contributed by atoms with Crippen LogP contribution >= 0.6 is 0 Å². The van der Waals surface area contributed by atoms with Gasteiger partial charge in [0.15, 0.2) is 0 Å². The standard InChI is InChI=1S/C34H32N4O6.Fe/c1-5-19-17(3)25-11-28-20(6-2)23(15-39)31(37-28)12-26-18(4)21(7-9-33(41)42)29(36-26)14-30-22(8-10-34(43)44)24(16-40)32(38-30)13-27(19)35-25;/h5-6,11-15,39-40H,1,7-10,16H2,2-4H3,(H,41,42)(H,43,44);/q-4;+4/b20-6+,23-15-,28-11+,30-14-,31-12-,32-13-;. The fourth-order valence-corrected chi connectivity index (χ4v) is 5.75. The summed E-state index contributed by atoms with van der Waals surface area (Å²) in [6, 6.07) is 0. The molecule has 0 amide bonds. The van der Waals surface area contributed by atoms with Crippen molar-refractivity contribution < 1.29 is 47.1 Å². The van der Waals surface area contributed by atoms with E-state index in [9.17, 15) is 30.0 Å². The molecule has 8 bridgehead atoms. The van der Waals surface area contributed by atoms with E-state index in [0.29, 0.717) is 71.3 Å². The number of fused-ring (bicyclic) bond motifs is 8. The molecule has 0 atom stereocenters. The molecule has 45 heavy (non-hydrogen) atoms. The summed E-state index contributed by atoms with van der Waals surface area (Å²) in [5.74, 6) is -1.95. The Bertz CT molecular complexity index is 2190. The predicted molar refractivity (Wildman–Crippen MR) is 166 cm³/mol. The Morgan fingerprint density at radius 3 is 1.82 bits per heavy atom. The third-order valence-corrected chi connectivity index (χ3v) is 8.05. The molecule has 1 aliphatic rings. The first-order valence-electron chi connectivity index (χ1n) is 14.1. The van der Waals surface area contributed by atoms with Gasteiger partial charge in [-0.1, -0.05) is 65.3 Å². The van der Waals surface area contributed by atoms with Gasteiger partial charge in [0, 0.05) is 12.8 Å². The van der Waals surface area contributed by atoms with Crippen molar-refractivity contribution in [3.63, 3.8) is 0 Å². The van der Waals surface area contributed by atoms with Gasteiger partial charge in [-0.15, -0.1) is 44.2 Å². The SMILES string of the molecule is C=Cc1c2[n-]c(c1C)/C=c1[n-]c(/c(=C\O)c/1=C\C)=C\c1[n-]c(c(CCC(=O)O)c1C)/C=c1\[n-]/c(c(CO)c1CCC(=O)O)=C\2.[Fe+4]. The molecule has 0 fully saturated rings. The summed E-state index contributed by atoms with van der Waals surface area (Å²) < 4.78 is 0. The van der Waals surface area contributed by atoms with Crippen molar-refractivity contribution in [3.05, 3.63) is 94.6 Å². The van der Waals surface area contributed by atoms with E-state index in [1.165, 1.54) is 0 Å². The Morgan fingerprint density at radius 2 is 1.24 bits per heavy atom. The normalized spacial score (nSPS) is 15.9. The Hall–Kier alpha value is -4.70. The summed E-state index contributed by atoms with van der Waals surface area (Å²) >= 11 is 0. The van der Waals surface area contributed by atoms with Crippen LogP contribution in [0.15, 0.2) is 6.58 Å². The summed E-state index contributed by atoms with van der Waals surface area (Å²) in [5, 5.41) is 42.8. The molecule has 0 unspecified atom stereocenters. The number of nitrogens with zero attached hydrogens (tertiary/aromatic N) is 4. The number of aliphatic hydroxyl groups is 2. The van der Waals surface area contributed by atoms with Gasteiger partial charge >= 0.3 is 29.0 Å². The molecule has 0 spiro atoms. The number of aliphatic hydroxyl groups excluding tert-OH is 2. The van der Waals surface area contributed by atoms with E-state index >= 15 is 0 Å². The Labute approximate surface area is 268 Å². The average molecular weight is 648 g/mol. The molecule has 0 saturated carbocycles. The van der Waals surface area contributed by atoms with Crippen molar-refractivity contribution >= 4 is 54.7 Å². The molecule has 5 rings (SSSR count). The topological polar surface area (TPSA) is 171 Å². The van der Waals surface area contributed by atoms with Crippen LogP contribution in [0.4, 0.5) is 0 Å². The molecule has 11 heteroatoms. The molecule has 4 aromatic rings. The third kappa shape index (κ3) is 6.28. The zero-order valence-electron chi connectivity index (χ0n) is 25.0. The molecule has 0 radical (unpaired) electrons. The van der Waals surface area contributed by atoms with Gasteiger partial charge < -0.3 is 40.4 Å².